The summed E-state index contributed by atoms with van der Waals surface area (Å²) in [4.78, 5) is 0. The maximum absolute atomic E-state index is 3.56. The van der Waals surface area contributed by atoms with E-state index in [4.69, 9.17) is 0 Å². The van der Waals surface area contributed by atoms with Crippen molar-refractivity contribution in [2.75, 3.05) is 13.1 Å². The Hall–Kier alpha value is -0.820. The summed E-state index contributed by atoms with van der Waals surface area (Å²) in [5.74, 6) is 2.45. The smallest absolute Gasteiger partial charge is 0.00148 e. The number of aryl methyl sites for hydroxylation is 2. The first kappa shape index (κ1) is 14.6. The summed E-state index contributed by atoms with van der Waals surface area (Å²) in [6.45, 7) is 11.3. The van der Waals surface area contributed by atoms with Crippen molar-refractivity contribution >= 4 is 0 Å². The van der Waals surface area contributed by atoms with Gasteiger partial charge >= 0.3 is 0 Å². The zero-order chi connectivity index (χ0) is 13.8. The summed E-state index contributed by atoms with van der Waals surface area (Å²) in [5.41, 5.74) is 4.40. The van der Waals surface area contributed by atoms with Crippen LogP contribution in [0.2, 0.25) is 0 Å². The van der Waals surface area contributed by atoms with Gasteiger partial charge in [0.05, 0.1) is 0 Å². The molecule has 0 amide bonds. The number of nitrogens with one attached hydrogen (secondary N) is 1. The fourth-order valence-corrected chi connectivity index (χ4v) is 3.65. The fraction of sp³-hybridized carbons (Fsp3) is 0.667. The molecule has 1 aromatic rings. The molecule has 1 fully saturated rings. The van der Waals surface area contributed by atoms with Crippen LogP contribution in [0.15, 0.2) is 18.2 Å². The van der Waals surface area contributed by atoms with Crippen molar-refractivity contribution in [1.82, 2.24) is 5.32 Å². The van der Waals surface area contributed by atoms with Gasteiger partial charge in [0.15, 0.2) is 0 Å². The molecule has 0 spiro atoms. The van der Waals surface area contributed by atoms with Gasteiger partial charge in [-0.15, -0.1) is 0 Å². The fourth-order valence-electron chi connectivity index (χ4n) is 3.65. The van der Waals surface area contributed by atoms with Crippen LogP contribution in [-0.4, -0.2) is 13.1 Å². The van der Waals surface area contributed by atoms with Gasteiger partial charge in [-0.2, -0.15) is 0 Å². The van der Waals surface area contributed by atoms with Gasteiger partial charge in [0, 0.05) is 0 Å². The summed E-state index contributed by atoms with van der Waals surface area (Å²) in [7, 11) is 0. The van der Waals surface area contributed by atoms with Crippen LogP contribution in [0.5, 0.6) is 0 Å². The van der Waals surface area contributed by atoms with E-state index in [2.05, 4.69) is 51.2 Å². The van der Waals surface area contributed by atoms with Crippen LogP contribution >= 0.6 is 0 Å². The maximum atomic E-state index is 3.56. The second-order valence-corrected chi connectivity index (χ2v) is 6.51. The van der Waals surface area contributed by atoms with Crippen molar-refractivity contribution in [2.24, 2.45) is 11.8 Å². The molecule has 1 saturated carbocycles. The van der Waals surface area contributed by atoms with Crippen LogP contribution in [0.25, 0.3) is 0 Å². The van der Waals surface area contributed by atoms with Crippen molar-refractivity contribution in [2.45, 2.75) is 52.9 Å². The standard InChI is InChI=1S/C18H29N/c1-5-19-12-16-7-6-13(2)11-18(16)17-9-14(3)8-15(4)10-17/h8-10,13,16,18-19H,5-7,11-12H2,1-4H3. The van der Waals surface area contributed by atoms with E-state index in [1.165, 1.54) is 36.9 Å². The monoisotopic (exact) mass is 259 g/mol. The molecule has 1 aliphatic rings. The second-order valence-electron chi connectivity index (χ2n) is 6.51. The molecule has 1 heteroatoms. The highest BCUT2D eigenvalue weighted by molar-refractivity contribution is 5.31. The number of hydrogen-bond acceptors (Lipinski definition) is 1. The van der Waals surface area contributed by atoms with Crippen LogP contribution in [0.3, 0.4) is 0 Å². The van der Waals surface area contributed by atoms with Gasteiger partial charge in [0.2, 0.25) is 0 Å². The normalized spacial score (nSPS) is 27.5. The molecule has 0 aliphatic heterocycles. The lowest BCUT2D eigenvalue weighted by Gasteiger charge is -2.36. The minimum absolute atomic E-state index is 0.751. The Morgan fingerprint density at radius 2 is 1.79 bits per heavy atom. The van der Waals surface area contributed by atoms with Crippen LogP contribution < -0.4 is 5.32 Å². The summed E-state index contributed by atoms with van der Waals surface area (Å²) < 4.78 is 0. The van der Waals surface area contributed by atoms with E-state index in [9.17, 15) is 0 Å². The zero-order valence-electron chi connectivity index (χ0n) is 13.0. The Labute approximate surface area is 118 Å². The SMILES string of the molecule is CCNCC1CCC(C)CC1c1cc(C)cc(C)c1. The van der Waals surface area contributed by atoms with Gasteiger partial charge in [-0.3, -0.25) is 0 Å². The maximum Gasteiger partial charge on any atom is -0.00148 e. The van der Waals surface area contributed by atoms with Crippen molar-refractivity contribution in [3.8, 4) is 0 Å². The zero-order valence-corrected chi connectivity index (χ0v) is 13.0. The van der Waals surface area contributed by atoms with E-state index in [1.807, 2.05) is 0 Å². The van der Waals surface area contributed by atoms with Crippen molar-refractivity contribution < 1.29 is 0 Å². The lowest BCUT2D eigenvalue weighted by Crippen LogP contribution is -2.31. The highest BCUT2D eigenvalue weighted by atomic mass is 14.8. The molecule has 3 unspecified atom stereocenters. The minimum Gasteiger partial charge on any atom is -0.317 e. The Bertz CT molecular complexity index is 388. The molecule has 0 heterocycles. The average Bonchev–Trinajstić information content (AvgIpc) is 2.36. The number of hydrogen-bond donors (Lipinski definition) is 1. The van der Waals surface area contributed by atoms with Crippen molar-refractivity contribution in [3.05, 3.63) is 34.9 Å². The van der Waals surface area contributed by atoms with E-state index < -0.39 is 0 Å². The van der Waals surface area contributed by atoms with Gasteiger partial charge in [0.1, 0.15) is 0 Å². The third kappa shape index (κ3) is 3.82. The summed E-state index contributed by atoms with van der Waals surface area (Å²) in [5, 5.41) is 3.56. The average molecular weight is 259 g/mol. The molecule has 1 aromatic carbocycles. The molecular weight excluding hydrogens is 230 g/mol. The van der Waals surface area contributed by atoms with Gasteiger partial charge in [0.25, 0.3) is 0 Å². The Kier molecular flexibility index (Phi) is 5.04. The molecule has 1 N–H and O–H groups in total. The molecule has 1 aliphatic carbocycles. The summed E-state index contributed by atoms with van der Waals surface area (Å²) in [6.07, 6.45) is 4.14. The van der Waals surface area contributed by atoms with Gasteiger partial charge in [-0.25, -0.2) is 0 Å². The molecule has 3 atom stereocenters. The predicted molar refractivity (Wildman–Crippen MR) is 83.7 cm³/mol. The lowest BCUT2D eigenvalue weighted by molar-refractivity contribution is 0.242. The number of benzene rings is 1. The minimum atomic E-state index is 0.751. The first-order valence-electron chi connectivity index (χ1n) is 7.89. The van der Waals surface area contributed by atoms with E-state index in [0.717, 1.165) is 24.3 Å². The molecule has 0 saturated heterocycles. The van der Waals surface area contributed by atoms with E-state index in [1.54, 1.807) is 5.56 Å². The molecule has 0 radical (unpaired) electrons. The molecular formula is C18H29N. The van der Waals surface area contributed by atoms with Crippen LogP contribution in [0.4, 0.5) is 0 Å². The summed E-state index contributed by atoms with van der Waals surface area (Å²) >= 11 is 0. The molecule has 0 bridgehead atoms. The Balaban J connectivity index is 2.20. The van der Waals surface area contributed by atoms with Crippen molar-refractivity contribution in [3.63, 3.8) is 0 Å². The Morgan fingerprint density at radius 3 is 2.42 bits per heavy atom. The van der Waals surface area contributed by atoms with Crippen LogP contribution in [0.1, 0.15) is 55.7 Å². The quantitative estimate of drug-likeness (QED) is 0.843. The van der Waals surface area contributed by atoms with Gasteiger partial charge < -0.3 is 5.32 Å². The largest absolute Gasteiger partial charge is 0.317 e. The molecule has 2 rings (SSSR count). The highest BCUT2D eigenvalue weighted by Gasteiger charge is 2.29. The predicted octanol–water partition coefficient (Wildman–Crippen LogP) is 4.43. The molecule has 19 heavy (non-hydrogen) atoms. The van der Waals surface area contributed by atoms with Gasteiger partial charge in [-0.05, 0) is 63.1 Å². The van der Waals surface area contributed by atoms with Crippen molar-refractivity contribution in [1.29, 1.82) is 0 Å². The summed E-state index contributed by atoms with van der Waals surface area (Å²) in [6, 6.07) is 7.11. The first-order valence-corrected chi connectivity index (χ1v) is 7.89. The van der Waals surface area contributed by atoms with E-state index in [0.29, 0.717) is 0 Å². The van der Waals surface area contributed by atoms with E-state index in [-0.39, 0.29) is 0 Å². The highest BCUT2D eigenvalue weighted by Crippen LogP contribution is 2.40. The van der Waals surface area contributed by atoms with Crippen LogP contribution in [-0.2, 0) is 0 Å². The van der Waals surface area contributed by atoms with Crippen LogP contribution in [0, 0.1) is 25.7 Å². The lowest BCUT2D eigenvalue weighted by atomic mass is 9.71. The molecule has 1 nitrogen and oxygen atoms in total. The van der Waals surface area contributed by atoms with Gasteiger partial charge in [-0.1, -0.05) is 49.6 Å². The second kappa shape index (κ2) is 6.56. The first-order chi connectivity index (χ1) is 9.10. The molecule has 106 valence electrons. The van der Waals surface area contributed by atoms with E-state index >= 15 is 0 Å². The molecule has 0 aromatic heterocycles. The Morgan fingerprint density at radius 1 is 1.11 bits per heavy atom. The third-order valence-electron chi connectivity index (χ3n) is 4.58. The topological polar surface area (TPSA) is 12.0 Å². The third-order valence-corrected chi connectivity index (χ3v) is 4.58. The number of rotatable bonds is 4.